The molecule has 6 heteroatoms. The number of phenols is 1. The van der Waals surface area contributed by atoms with Crippen LogP contribution in [-0.4, -0.2) is 26.2 Å². The van der Waals surface area contributed by atoms with Crippen LogP contribution in [-0.2, 0) is 0 Å². The maximum Gasteiger partial charge on any atom is 0.256 e. The molecule has 0 atom stereocenters. The van der Waals surface area contributed by atoms with Crippen molar-refractivity contribution in [3.05, 3.63) is 48.2 Å². The largest absolute Gasteiger partial charge is 0.508 e. The van der Waals surface area contributed by atoms with Crippen LogP contribution in [0.5, 0.6) is 5.75 Å². The number of nitrogens with zero attached hydrogens (tertiary/aromatic N) is 2. The summed E-state index contributed by atoms with van der Waals surface area (Å²) in [5, 5.41) is 19.5. The minimum absolute atomic E-state index is 0.0452. The van der Waals surface area contributed by atoms with E-state index in [0.717, 1.165) is 5.39 Å². The van der Waals surface area contributed by atoms with Crippen molar-refractivity contribution in [1.29, 1.82) is 0 Å². The molecule has 0 unspecified atom stereocenters. The number of carbonyl (C=O) groups excluding carboxylic acids is 1. The number of aromatic nitrogens is 3. The van der Waals surface area contributed by atoms with Crippen LogP contribution in [0.3, 0.4) is 0 Å². The molecule has 0 saturated heterocycles. The lowest BCUT2D eigenvalue weighted by Gasteiger charge is -2.03. The second kappa shape index (κ2) is 4.41. The van der Waals surface area contributed by atoms with Crippen LogP contribution >= 0.6 is 0 Å². The van der Waals surface area contributed by atoms with Gasteiger partial charge in [-0.1, -0.05) is 6.07 Å². The second-order valence-corrected chi connectivity index (χ2v) is 3.98. The summed E-state index contributed by atoms with van der Waals surface area (Å²) < 4.78 is 0. The summed E-state index contributed by atoms with van der Waals surface area (Å²) in [6.45, 7) is 0. The molecular formula is C13H10N4O2. The van der Waals surface area contributed by atoms with Crippen molar-refractivity contribution < 1.29 is 9.90 Å². The van der Waals surface area contributed by atoms with E-state index >= 15 is 0 Å². The molecule has 94 valence electrons. The minimum Gasteiger partial charge on any atom is -0.508 e. The molecule has 0 aliphatic rings. The highest BCUT2D eigenvalue weighted by Crippen LogP contribution is 2.19. The Hall–Kier alpha value is -2.89. The summed E-state index contributed by atoms with van der Waals surface area (Å²) in [6.07, 6.45) is 1.63. The van der Waals surface area contributed by atoms with Gasteiger partial charge in [-0.2, -0.15) is 5.10 Å². The smallest absolute Gasteiger partial charge is 0.256 e. The van der Waals surface area contributed by atoms with Gasteiger partial charge in [0.05, 0.1) is 5.39 Å². The van der Waals surface area contributed by atoms with Gasteiger partial charge in [-0.3, -0.25) is 9.89 Å². The van der Waals surface area contributed by atoms with Gasteiger partial charge in [0, 0.05) is 11.8 Å². The highest BCUT2D eigenvalue weighted by molar-refractivity contribution is 6.07. The predicted molar refractivity (Wildman–Crippen MR) is 69.9 cm³/mol. The van der Waals surface area contributed by atoms with E-state index in [4.69, 9.17) is 0 Å². The third-order valence-corrected chi connectivity index (χ3v) is 2.68. The Labute approximate surface area is 108 Å². The molecule has 2 aromatic heterocycles. The molecule has 0 aliphatic heterocycles. The molecule has 0 saturated carbocycles. The average Bonchev–Trinajstić information content (AvgIpc) is 2.82. The van der Waals surface area contributed by atoms with Gasteiger partial charge in [0.15, 0.2) is 5.65 Å². The number of anilines is 1. The zero-order chi connectivity index (χ0) is 13.2. The van der Waals surface area contributed by atoms with Crippen molar-refractivity contribution in [2.45, 2.75) is 0 Å². The number of amides is 1. The Morgan fingerprint density at radius 3 is 3.00 bits per heavy atom. The summed E-state index contributed by atoms with van der Waals surface area (Å²) >= 11 is 0. The number of aromatic hydroxyl groups is 1. The number of hydrogen-bond donors (Lipinski definition) is 3. The molecule has 0 spiro atoms. The molecule has 3 aromatic rings. The molecule has 0 bridgehead atoms. The Bertz CT molecular complexity index is 751. The SMILES string of the molecule is O=C(Nc1[nH]nc2ncccc12)c1cccc(O)c1. The van der Waals surface area contributed by atoms with E-state index in [2.05, 4.69) is 20.5 Å². The number of H-pyrrole nitrogens is 1. The van der Waals surface area contributed by atoms with Gasteiger partial charge in [0.2, 0.25) is 0 Å². The second-order valence-electron chi connectivity index (χ2n) is 3.98. The van der Waals surface area contributed by atoms with E-state index in [9.17, 15) is 9.90 Å². The topological polar surface area (TPSA) is 90.9 Å². The van der Waals surface area contributed by atoms with Crippen LogP contribution in [0.4, 0.5) is 5.82 Å². The van der Waals surface area contributed by atoms with Crippen LogP contribution in [0.25, 0.3) is 11.0 Å². The molecule has 0 radical (unpaired) electrons. The van der Waals surface area contributed by atoms with Crippen molar-refractivity contribution in [3.8, 4) is 5.75 Å². The number of phenolic OH excluding ortho intramolecular Hbond substituents is 1. The van der Waals surface area contributed by atoms with E-state index in [-0.39, 0.29) is 11.7 Å². The van der Waals surface area contributed by atoms with Gasteiger partial charge in [0.1, 0.15) is 11.6 Å². The quantitative estimate of drug-likeness (QED) is 0.651. The maximum absolute atomic E-state index is 12.0. The van der Waals surface area contributed by atoms with Gasteiger partial charge in [-0.25, -0.2) is 4.98 Å². The first-order valence-electron chi connectivity index (χ1n) is 5.63. The third-order valence-electron chi connectivity index (χ3n) is 2.68. The van der Waals surface area contributed by atoms with E-state index in [1.807, 2.05) is 6.07 Å². The number of benzene rings is 1. The standard InChI is InChI=1S/C13H10N4O2/c18-9-4-1-3-8(7-9)13(19)15-12-10-5-2-6-14-11(10)16-17-12/h1-7,18H,(H2,14,15,16,17,19). The van der Waals surface area contributed by atoms with Gasteiger partial charge in [-0.05, 0) is 30.3 Å². The monoisotopic (exact) mass is 254 g/mol. The summed E-state index contributed by atoms with van der Waals surface area (Å²) in [6, 6.07) is 9.70. The first-order valence-corrected chi connectivity index (χ1v) is 5.63. The van der Waals surface area contributed by atoms with Crippen molar-refractivity contribution in [1.82, 2.24) is 15.2 Å². The number of fused-ring (bicyclic) bond motifs is 1. The Morgan fingerprint density at radius 2 is 2.16 bits per heavy atom. The molecule has 1 amide bonds. The first kappa shape index (κ1) is 11.2. The average molecular weight is 254 g/mol. The number of hydrogen-bond acceptors (Lipinski definition) is 4. The fraction of sp³-hybridized carbons (Fsp3) is 0. The fourth-order valence-corrected chi connectivity index (χ4v) is 1.78. The van der Waals surface area contributed by atoms with E-state index in [1.54, 1.807) is 24.4 Å². The van der Waals surface area contributed by atoms with Crippen LogP contribution in [0.2, 0.25) is 0 Å². The van der Waals surface area contributed by atoms with Crippen molar-refractivity contribution in [3.63, 3.8) is 0 Å². The Kier molecular flexibility index (Phi) is 2.60. The number of carbonyl (C=O) groups is 1. The normalized spacial score (nSPS) is 10.5. The van der Waals surface area contributed by atoms with Gasteiger partial charge in [-0.15, -0.1) is 0 Å². The zero-order valence-electron chi connectivity index (χ0n) is 9.79. The highest BCUT2D eigenvalue weighted by atomic mass is 16.3. The van der Waals surface area contributed by atoms with Crippen LogP contribution < -0.4 is 5.32 Å². The Balaban J connectivity index is 1.91. The molecule has 1 aromatic carbocycles. The minimum atomic E-state index is -0.328. The molecule has 19 heavy (non-hydrogen) atoms. The van der Waals surface area contributed by atoms with Crippen LogP contribution in [0.15, 0.2) is 42.6 Å². The number of rotatable bonds is 2. The van der Waals surface area contributed by atoms with Crippen LogP contribution in [0, 0.1) is 0 Å². The van der Waals surface area contributed by atoms with Crippen molar-refractivity contribution >= 4 is 22.8 Å². The van der Waals surface area contributed by atoms with E-state index in [0.29, 0.717) is 17.0 Å². The predicted octanol–water partition coefficient (Wildman–Crippen LogP) is 1.92. The number of aromatic amines is 1. The lowest BCUT2D eigenvalue weighted by molar-refractivity contribution is 0.102. The maximum atomic E-state index is 12.0. The van der Waals surface area contributed by atoms with Gasteiger partial charge < -0.3 is 10.4 Å². The van der Waals surface area contributed by atoms with Gasteiger partial charge in [0.25, 0.3) is 5.91 Å². The molecule has 0 aliphatic carbocycles. The zero-order valence-corrected chi connectivity index (χ0v) is 9.79. The molecule has 0 fully saturated rings. The van der Waals surface area contributed by atoms with Crippen LogP contribution in [0.1, 0.15) is 10.4 Å². The molecular weight excluding hydrogens is 244 g/mol. The highest BCUT2D eigenvalue weighted by Gasteiger charge is 2.11. The fourth-order valence-electron chi connectivity index (χ4n) is 1.78. The molecule has 2 heterocycles. The summed E-state index contributed by atoms with van der Waals surface area (Å²) in [4.78, 5) is 16.1. The summed E-state index contributed by atoms with van der Waals surface area (Å²) in [7, 11) is 0. The van der Waals surface area contributed by atoms with E-state index in [1.165, 1.54) is 12.1 Å². The Morgan fingerprint density at radius 1 is 1.26 bits per heavy atom. The first-order chi connectivity index (χ1) is 9.24. The molecule has 6 nitrogen and oxygen atoms in total. The number of pyridine rings is 1. The third kappa shape index (κ3) is 2.11. The molecule has 3 rings (SSSR count). The van der Waals surface area contributed by atoms with Crippen molar-refractivity contribution in [2.75, 3.05) is 5.32 Å². The number of nitrogens with one attached hydrogen (secondary N) is 2. The van der Waals surface area contributed by atoms with Gasteiger partial charge >= 0.3 is 0 Å². The summed E-state index contributed by atoms with van der Waals surface area (Å²) in [5.41, 5.74) is 0.903. The lowest BCUT2D eigenvalue weighted by Crippen LogP contribution is -2.12. The van der Waals surface area contributed by atoms with E-state index < -0.39 is 0 Å². The van der Waals surface area contributed by atoms with Crippen molar-refractivity contribution in [2.24, 2.45) is 0 Å². The summed E-state index contributed by atoms with van der Waals surface area (Å²) in [5.74, 6) is 0.200. The lowest BCUT2D eigenvalue weighted by atomic mass is 10.2. The molecule has 3 N–H and O–H groups in total.